The summed E-state index contributed by atoms with van der Waals surface area (Å²) in [4.78, 5) is 28.0. The molecule has 0 saturated carbocycles. The Kier molecular flexibility index (Phi) is 4.60. The number of pyridine rings is 1. The number of benzene rings is 1. The highest BCUT2D eigenvalue weighted by Gasteiger charge is 2.17. The number of amides is 1. The predicted molar refractivity (Wildman–Crippen MR) is 85.9 cm³/mol. The highest BCUT2D eigenvalue weighted by molar-refractivity contribution is 5.78. The Morgan fingerprint density at radius 3 is 2.72 bits per heavy atom. The van der Waals surface area contributed by atoms with Gasteiger partial charge in [-0.3, -0.25) is 4.79 Å². The molecule has 0 aliphatic carbocycles. The first-order valence-electron chi connectivity index (χ1n) is 7.62. The smallest absolute Gasteiger partial charge is 0.406 e. The third-order valence-electron chi connectivity index (χ3n) is 3.71. The molecule has 8 heteroatoms. The standard InChI is InChI=1S/C17H15F2N3O3/c1-10(8-11-12(18)4-2-5-13(11)19)21-15(23)9-22-16-14(25-17(22)24)6-3-7-20-16/h2-7,10H,8-9H2,1H3,(H,21,23). The van der Waals surface area contributed by atoms with Crippen LogP contribution in [0.15, 0.2) is 45.7 Å². The van der Waals surface area contributed by atoms with Gasteiger partial charge < -0.3 is 9.73 Å². The van der Waals surface area contributed by atoms with Gasteiger partial charge in [-0.15, -0.1) is 0 Å². The van der Waals surface area contributed by atoms with Crippen molar-refractivity contribution < 1.29 is 18.0 Å². The summed E-state index contributed by atoms with van der Waals surface area (Å²) in [7, 11) is 0. The lowest BCUT2D eigenvalue weighted by Crippen LogP contribution is -2.38. The third kappa shape index (κ3) is 3.57. The maximum Gasteiger partial charge on any atom is 0.421 e. The maximum atomic E-state index is 13.7. The molecular formula is C17H15F2N3O3. The van der Waals surface area contributed by atoms with Crippen LogP contribution in [0.4, 0.5) is 8.78 Å². The van der Waals surface area contributed by atoms with Crippen LogP contribution >= 0.6 is 0 Å². The van der Waals surface area contributed by atoms with E-state index in [1.807, 2.05) is 0 Å². The first-order valence-corrected chi connectivity index (χ1v) is 7.62. The SMILES string of the molecule is CC(Cc1c(F)cccc1F)NC(=O)Cn1c(=O)oc2cccnc21. The number of fused-ring (bicyclic) bond motifs is 1. The number of aromatic nitrogens is 2. The van der Waals surface area contributed by atoms with E-state index < -0.39 is 29.3 Å². The van der Waals surface area contributed by atoms with Crippen molar-refractivity contribution in [3.8, 4) is 0 Å². The van der Waals surface area contributed by atoms with E-state index in [4.69, 9.17) is 4.42 Å². The van der Waals surface area contributed by atoms with Gasteiger partial charge in [0.2, 0.25) is 5.91 Å². The van der Waals surface area contributed by atoms with Crippen LogP contribution in [0, 0.1) is 11.6 Å². The number of nitrogens with zero attached hydrogens (tertiary/aromatic N) is 2. The zero-order valence-corrected chi connectivity index (χ0v) is 13.3. The van der Waals surface area contributed by atoms with Crippen molar-refractivity contribution in [2.24, 2.45) is 0 Å². The number of carbonyl (C=O) groups excluding carboxylic acids is 1. The molecule has 25 heavy (non-hydrogen) atoms. The fraction of sp³-hybridized carbons (Fsp3) is 0.235. The van der Waals surface area contributed by atoms with E-state index in [9.17, 15) is 18.4 Å². The van der Waals surface area contributed by atoms with Crippen molar-refractivity contribution in [2.45, 2.75) is 25.9 Å². The Bertz CT molecular complexity index is 960. The van der Waals surface area contributed by atoms with E-state index >= 15 is 0 Å². The van der Waals surface area contributed by atoms with E-state index in [-0.39, 0.29) is 29.8 Å². The number of rotatable bonds is 5. The molecule has 0 aliphatic heterocycles. The number of carbonyl (C=O) groups is 1. The van der Waals surface area contributed by atoms with Crippen molar-refractivity contribution >= 4 is 17.1 Å². The Balaban J connectivity index is 1.70. The fourth-order valence-electron chi connectivity index (χ4n) is 2.59. The van der Waals surface area contributed by atoms with E-state index in [1.54, 1.807) is 19.1 Å². The normalized spacial score (nSPS) is 12.3. The molecule has 0 fully saturated rings. The van der Waals surface area contributed by atoms with Crippen molar-refractivity contribution in [2.75, 3.05) is 0 Å². The highest BCUT2D eigenvalue weighted by atomic mass is 19.1. The lowest BCUT2D eigenvalue weighted by atomic mass is 10.1. The molecule has 3 rings (SSSR count). The van der Waals surface area contributed by atoms with Gasteiger partial charge in [0.25, 0.3) is 0 Å². The van der Waals surface area contributed by atoms with Gasteiger partial charge in [-0.2, -0.15) is 0 Å². The van der Waals surface area contributed by atoms with Crippen LogP contribution in [-0.2, 0) is 17.8 Å². The maximum absolute atomic E-state index is 13.7. The van der Waals surface area contributed by atoms with Crippen LogP contribution < -0.4 is 11.1 Å². The molecule has 1 unspecified atom stereocenters. The second-order valence-corrected chi connectivity index (χ2v) is 5.65. The van der Waals surface area contributed by atoms with Crippen LogP contribution in [-0.4, -0.2) is 21.5 Å². The van der Waals surface area contributed by atoms with Crippen LogP contribution in [0.5, 0.6) is 0 Å². The Morgan fingerprint density at radius 2 is 2.00 bits per heavy atom. The zero-order chi connectivity index (χ0) is 18.0. The van der Waals surface area contributed by atoms with Gasteiger partial charge in [0.15, 0.2) is 11.2 Å². The molecule has 0 aliphatic rings. The average molecular weight is 347 g/mol. The van der Waals surface area contributed by atoms with E-state index in [0.717, 1.165) is 16.7 Å². The van der Waals surface area contributed by atoms with Crippen LogP contribution in [0.25, 0.3) is 11.2 Å². The summed E-state index contributed by atoms with van der Waals surface area (Å²) in [5.74, 6) is -2.51. The number of hydrogen-bond acceptors (Lipinski definition) is 4. The molecule has 0 spiro atoms. The fourth-order valence-corrected chi connectivity index (χ4v) is 2.59. The summed E-state index contributed by atoms with van der Waals surface area (Å²) in [6.07, 6.45) is 1.47. The predicted octanol–water partition coefficient (Wildman–Crippen LogP) is 2.02. The van der Waals surface area contributed by atoms with Crippen LogP contribution in [0.2, 0.25) is 0 Å². The Hall–Kier alpha value is -3.03. The average Bonchev–Trinajstić information content (AvgIpc) is 2.87. The largest absolute Gasteiger partial charge is 0.421 e. The first-order chi connectivity index (χ1) is 12.0. The minimum atomic E-state index is -0.698. The first kappa shape index (κ1) is 16.8. The highest BCUT2D eigenvalue weighted by Crippen LogP contribution is 2.14. The van der Waals surface area contributed by atoms with Crippen molar-refractivity contribution in [1.82, 2.24) is 14.9 Å². The number of hydrogen-bond donors (Lipinski definition) is 1. The van der Waals surface area contributed by atoms with Crippen LogP contribution in [0.1, 0.15) is 12.5 Å². The van der Waals surface area contributed by atoms with Gasteiger partial charge in [-0.05, 0) is 37.6 Å². The van der Waals surface area contributed by atoms with Gasteiger partial charge in [0.05, 0.1) is 0 Å². The van der Waals surface area contributed by atoms with Gasteiger partial charge in [0, 0.05) is 17.8 Å². The Labute approximate surface area is 141 Å². The molecule has 0 bridgehead atoms. The van der Waals surface area contributed by atoms with Gasteiger partial charge in [-0.1, -0.05) is 6.07 Å². The summed E-state index contributed by atoms with van der Waals surface area (Å²) in [6, 6.07) is 6.26. The minimum Gasteiger partial charge on any atom is -0.406 e. The van der Waals surface area contributed by atoms with Crippen molar-refractivity contribution in [3.05, 3.63) is 64.3 Å². The summed E-state index contributed by atoms with van der Waals surface area (Å²) < 4.78 is 33.4. The summed E-state index contributed by atoms with van der Waals surface area (Å²) in [5, 5.41) is 2.61. The molecule has 1 amide bonds. The van der Waals surface area contributed by atoms with E-state index in [0.29, 0.717) is 0 Å². The minimum absolute atomic E-state index is 0.0104. The molecule has 6 nitrogen and oxygen atoms in total. The summed E-state index contributed by atoms with van der Waals surface area (Å²) in [5.41, 5.74) is 0.445. The number of oxazole rings is 1. The van der Waals surface area contributed by atoms with E-state index in [1.165, 1.54) is 12.3 Å². The third-order valence-corrected chi connectivity index (χ3v) is 3.71. The second kappa shape index (κ2) is 6.84. The summed E-state index contributed by atoms with van der Waals surface area (Å²) >= 11 is 0. The van der Waals surface area contributed by atoms with Crippen LogP contribution in [0.3, 0.4) is 0 Å². The lowest BCUT2D eigenvalue weighted by molar-refractivity contribution is -0.122. The topological polar surface area (TPSA) is 77.1 Å². The molecule has 130 valence electrons. The number of halogens is 2. The van der Waals surface area contributed by atoms with Gasteiger partial charge in [0.1, 0.15) is 18.2 Å². The van der Waals surface area contributed by atoms with E-state index in [2.05, 4.69) is 10.3 Å². The molecule has 2 aromatic heterocycles. The van der Waals surface area contributed by atoms with Crippen molar-refractivity contribution in [3.63, 3.8) is 0 Å². The van der Waals surface area contributed by atoms with Crippen molar-refractivity contribution in [1.29, 1.82) is 0 Å². The zero-order valence-electron chi connectivity index (χ0n) is 13.3. The molecule has 0 saturated heterocycles. The molecule has 1 aromatic carbocycles. The molecule has 1 atom stereocenters. The quantitative estimate of drug-likeness (QED) is 0.766. The monoisotopic (exact) mass is 347 g/mol. The lowest BCUT2D eigenvalue weighted by Gasteiger charge is -2.15. The molecule has 0 radical (unpaired) electrons. The summed E-state index contributed by atoms with van der Waals surface area (Å²) in [6.45, 7) is 1.32. The second-order valence-electron chi connectivity index (χ2n) is 5.65. The van der Waals surface area contributed by atoms with Gasteiger partial charge in [-0.25, -0.2) is 23.1 Å². The van der Waals surface area contributed by atoms with Gasteiger partial charge >= 0.3 is 5.76 Å². The molecule has 2 heterocycles. The molecular weight excluding hydrogens is 332 g/mol. The molecule has 1 N–H and O–H groups in total. The number of nitrogens with one attached hydrogen (secondary N) is 1. The Morgan fingerprint density at radius 1 is 1.28 bits per heavy atom. The molecule has 3 aromatic rings.